The minimum Gasteiger partial charge on any atom is -0.453 e. The van der Waals surface area contributed by atoms with Crippen molar-refractivity contribution in [3.63, 3.8) is 0 Å². The maximum absolute atomic E-state index is 13.1. The fraction of sp³-hybridized carbons (Fsp3) is 0.417. The lowest BCUT2D eigenvalue weighted by atomic mass is 10.0. The van der Waals surface area contributed by atoms with E-state index in [1.807, 2.05) is 0 Å². The summed E-state index contributed by atoms with van der Waals surface area (Å²) < 4.78 is 36.6. The molecule has 3 heterocycles. The van der Waals surface area contributed by atoms with Gasteiger partial charge in [0.1, 0.15) is 5.00 Å². The van der Waals surface area contributed by atoms with Crippen LogP contribution in [-0.4, -0.2) is 75.0 Å². The van der Waals surface area contributed by atoms with Gasteiger partial charge in [-0.3, -0.25) is 14.9 Å². The van der Waals surface area contributed by atoms with Crippen LogP contribution in [0.1, 0.15) is 50.9 Å². The molecule has 0 spiro atoms. The zero-order chi connectivity index (χ0) is 27.4. The number of imide groups is 1. The van der Waals surface area contributed by atoms with Crippen LogP contribution in [0, 0.1) is 0 Å². The van der Waals surface area contributed by atoms with Gasteiger partial charge >= 0.3 is 12.2 Å². The average molecular weight is 565 g/mol. The van der Waals surface area contributed by atoms with Crippen molar-refractivity contribution in [1.29, 1.82) is 0 Å². The van der Waals surface area contributed by atoms with E-state index >= 15 is 0 Å². The third kappa shape index (κ3) is 5.66. The number of sulfonamides is 1. The Balaban J connectivity index is 1.58. The molecule has 1 aromatic heterocycles. The van der Waals surface area contributed by atoms with E-state index in [4.69, 9.17) is 4.74 Å². The molecular formula is C24H28N4O8S2. The summed E-state index contributed by atoms with van der Waals surface area (Å²) in [5.41, 5.74) is 0.906. The van der Waals surface area contributed by atoms with Crippen LogP contribution < -0.4 is 10.6 Å². The minimum atomic E-state index is -3.63. The monoisotopic (exact) mass is 564 g/mol. The summed E-state index contributed by atoms with van der Waals surface area (Å²) >= 11 is 1.11. The number of fused-ring (bicyclic) bond motifs is 1. The summed E-state index contributed by atoms with van der Waals surface area (Å²) in [6.45, 7) is 3.33. The first-order chi connectivity index (χ1) is 18.1. The molecule has 2 aliphatic rings. The van der Waals surface area contributed by atoms with Gasteiger partial charge < -0.3 is 19.7 Å². The molecule has 0 bridgehead atoms. The number of amides is 4. The van der Waals surface area contributed by atoms with Crippen molar-refractivity contribution < 1.29 is 37.1 Å². The number of alkyl carbamates (subject to hydrolysis) is 1. The van der Waals surface area contributed by atoms with Gasteiger partial charge in [0.25, 0.3) is 11.8 Å². The highest BCUT2D eigenvalue weighted by Gasteiger charge is 2.32. The molecule has 2 N–H and O–H groups in total. The fourth-order valence-corrected chi connectivity index (χ4v) is 7.11. The highest BCUT2D eigenvalue weighted by molar-refractivity contribution is 7.89. The predicted octanol–water partition coefficient (Wildman–Crippen LogP) is 2.80. The standard InChI is InChI=1S/C24H28N4O8S2/c1-3-36-24(32)27-13-10-17-18(14-27)37-22(19(17)21(30)26-23(31)35-2)25-20(29)15-6-8-16(9-7-15)38(33,34)28-11-4-5-12-28/h6-9H,3-5,10-14H2,1-2H3,(H,25,29)(H,26,30,31). The van der Waals surface area contributed by atoms with Gasteiger partial charge in [-0.15, -0.1) is 11.3 Å². The van der Waals surface area contributed by atoms with Crippen LogP contribution in [0.3, 0.4) is 0 Å². The van der Waals surface area contributed by atoms with Gasteiger partial charge in [0.15, 0.2) is 0 Å². The molecular weight excluding hydrogens is 536 g/mol. The third-order valence-electron chi connectivity index (χ3n) is 6.26. The topological polar surface area (TPSA) is 151 Å². The molecule has 0 radical (unpaired) electrons. The number of anilines is 1. The molecule has 4 amide bonds. The number of nitrogens with one attached hydrogen (secondary N) is 2. The lowest BCUT2D eigenvalue weighted by molar-refractivity contribution is 0.0936. The van der Waals surface area contributed by atoms with Gasteiger partial charge in [0, 0.05) is 30.1 Å². The van der Waals surface area contributed by atoms with Crippen molar-refractivity contribution in [2.24, 2.45) is 0 Å². The average Bonchev–Trinajstić information content (AvgIpc) is 3.57. The summed E-state index contributed by atoms with van der Waals surface area (Å²) in [6, 6.07) is 5.57. The van der Waals surface area contributed by atoms with E-state index in [9.17, 15) is 27.6 Å². The molecule has 12 nitrogen and oxygen atoms in total. The van der Waals surface area contributed by atoms with Crippen molar-refractivity contribution in [1.82, 2.24) is 14.5 Å². The number of rotatable bonds is 6. The van der Waals surface area contributed by atoms with E-state index in [-0.39, 0.29) is 34.2 Å². The van der Waals surface area contributed by atoms with E-state index in [0.717, 1.165) is 31.3 Å². The molecule has 0 unspecified atom stereocenters. The molecule has 1 fully saturated rings. The number of carbonyl (C=O) groups excluding carboxylic acids is 4. The molecule has 0 atom stereocenters. The van der Waals surface area contributed by atoms with Gasteiger partial charge in [-0.2, -0.15) is 4.31 Å². The smallest absolute Gasteiger partial charge is 0.413 e. The molecule has 4 rings (SSSR count). The normalized spacial score (nSPS) is 15.5. The maximum Gasteiger partial charge on any atom is 0.413 e. The zero-order valence-electron chi connectivity index (χ0n) is 20.9. The first-order valence-electron chi connectivity index (χ1n) is 12.0. The Kier molecular flexibility index (Phi) is 8.33. The largest absolute Gasteiger partial charge is 0.453 e. The lowest BCUT2D eigenvalue weighted by Crippen LogP contribution is -2.37. The molecule has 0 aliphatic carbocycles. The van der Waals surface area contributed by atoms with Crippen molar-refractivity contribution in [3.05, 3.63) is 45.8 Å². The Morgan fingerprint density at radius 3 is 2.34 bits per heavy atom. The summed E-state index contributed by atoms with van der Waals surface area (Å²) in [7, 11) is -2.50. The molecule has 38 heavy (non-hydrogen) atoms. The summed E-state index contributed by atoms with van der Waals surface area (Å²) in [6.07, 6.45) is 0.503. The number of ether oxygens (including phenoxy) is 2. The van der Waals surface area contributed by atoms with Crippen LogP contribution in [-0.2, 0) is 32.5 Å². The Morgan fingerprint density at radius 1 is 1.03 bits per heavy atom. The molecule has 2 aliphatic heterocycles. The third-order valence-corrected chi connectivity index (χ3v) is 9.30. The Labute approximate surface area is 223 Å². The highest BCUT2D eigenvalue weighted by atomic mass is 32.2. The van der Waals surface area contributed by atoms with Crippen LogP contribution >= 0.6 is 11.3 Å². The highest BCUT2D eigenvalue weighted by Crippen LogP contribution is 2.37. The molecule has 0 saturated carbocycles. The van der Waals surface area contributed by atoms with Crippen LogP contribution in [0.2, 0.25) is 0 Å². The quantitative estimate of drug-likeness (QED) is 0.544. The Bertz CT molecular complexity index is 1350. The Hall–Kier alpha value is -3.49. The number of benzene rings is 1. The molecule has 1 aromatic carbocycles. The minimum absolute atomic E-state index is 0.0970. The number of methoxy groups -OCH3 is 1. The fourth-order valence-electron chi connectivity index (χ4n) is 4.34. The number of hydrogen-bond acceptors (Lipinski definition) is 9. The molecule has 204 valence electrons. The van der Waals surface area contributed by atoms with Crippen molar-refractivity contribution in [2.75, 3.05) is 38.7 Å². The first-order valence-corrected chi connectivity index (χ1v) is 14.3. The molecule has 14 heteroatoms. The van der Waals surface area contributed by atoms with E-state index in [2.05, 4.69) is 15.4 Å². The van der Waals surface area contributed by atoms with Crippen molar-refractivity contribution in [2.45, 2.75) is 37.6 Å². The number of nitrogens with zero attached hydrogens (tertiary/aromatic N) is 2. The number of thiophene rings is 1. The van der Waals surface area contributed by atoms with Gasteiger partial charge in [-0.05, 0) is 56.0 Å². The first kappa shape index (κ1) is 27.5. The second kappa shape index (κ2) is 11.5. The van der Waals surface area contributed by atoms with Crippen molar-refractivity contribution in [3.8, 4) is 0 Å². The predicted molar refractivity (Wildman–Crippen MR) is 138 cm³/mol. The van der Waals surface area contributed by atoms with Crippen LogP contribution in [0.5, 0.6) is 0 Å². The molecule has 1 saturated heterocycles. The number of carbonyl (C=O) groups is 4. The van der Waals surface area contributed by atoms with E-state index in [1.165, 1.54) is 33.5 Å². The zero-order valence-corrected chi connectivity index (χ0v) is 22.6. The van der Waals surface area contributed by atoms with Gasteiger partial charge in [-0.1, -0.05) is 0 Å². The van der Waals surface area contributed by atoms with E-state index in [1.54, 1.807) is 6.92 Å². The van der Waals surface area contributed by atoms with Gasteiger partial charge in [-0.25, -0.2) is 18.0 Å². The van der Waals surface area contributed by atoms with Crippen LogP contribution in [0.15, 0.2) is 29.2 Å². The maximum atomic E-state index is 13.1. The second-order valence-electron chi connectivity index (χ2n) is 8.61. The van der Waals surface area contributed by atoms with Gasteiger partial charge in [0.05, 0.1) is 30.7 Å². The summed E-state index contributed by atoms with van der Waals surface area (Å²) in [4.78, 5) is 52.2. The van der Waals surface area contributed by atoms with Crippen molar-refractivity contribution >= 4 is 50.4 Å². The van der Waals surface area contributed by atoms with Crippen LogP contribution in [0.4, 0.5) is 14.6 Å². The second-order valence-corrected chi connectivity index (χ2v) is 11.7. The SMILES string of the molecule is CCOC(=O)N1CCc2c(sc(NC(=O)c3ccc(S(=O)(=O)N4CCCC4)cc3)c2C(=O)NC(=O)OC)C1. The van der Waals surface area contributed by atoms with E-state index in [0.29, 0.717) is 36.5 Å². The van der Waals surface area contributed by atoms with Gasteiger partial charge in [0.2, 0.25) is 10.0 Å². The van der Waals surface area contributed by atoms with Crippen LogP contribution in [0.25, 0.3) is 0 Å². The van der Waals surface area contributed by atoms with E-state index < -0.39 is 34.0 Å². The Morgan fingerprint density at radius 2 is 1.71 bits per heavy atom. The summed E-state index contributed by atoms with van der Waals surface area (Å²) in [5, 5.41) is 5.03. The summed E-state index contributed by atoms with van der Waals surface area (Å²) in [5.74, 6) is -1.32. The lowest BCUT2D eigenvalue weighted by Gasteiger charge is -2.26. The molecule has 2 aromatic rings. The number of hydrogen-bond donors (Lipinski definition) is 2.